The minimum absolute atomic E-state index is 0.0769. The van der Waals surface area contributed by atoms with Crippen LogP contribution in [0.1, 0.15) is 6.23 Å². The summed E-state index contributed by atoms with van der Waals surface area (Å²) in [6.07, 6.45) is -7.24. The highest BCUT2D eigenvalue weighted by atomic mass is 35.5. The Morgan fingerprint density at radius 1 is 1.40 bits per heavy atom. The quantitative estimate of drug-likeness (QED) is 0.0666. The number of nitrogens with one attached hydrogen (secondary N) is 1. The number of phosphoric ester groups is 1. The van der Waals surface area contributed by atoms with Gasteiger partial charge in [0, 0.05) is 0 Å². The number of nitrogens with two attached hydrogens (primary N) is 1. The fourth-order valence-corrected chi connectivity index (χ4v) is 4.10. The molecule has 3 heterocycles. The standard InChI is InChI=1S/C14H19ClN6O12P2/c15-1-5(22)18-11(34(26)27)13(33-35(28,29)30)31-2-4-7(23)8(24)12(32-4)21-3-17-6-9(21)19-14(16)20-10(6)25/h3-4,7-8,12-13,23-24,26-27H,1-2H2,(H2,28,29,30)(H3,16,19,20,25)/t4-,7-,8-,12-,13?/m1/s1. The second-order valence-corrected chi connectivity index (χ2v) is 9.37. The number of alkyl halides is 1. The number of H-pyrrole nitrogens is 1. The molecule has 35 heavy (non-hydrogen) atoms. The van der Waals surface area contributed by atoms with Gasteiger partial charge in [-0.25, -0.2) is 14.5 Å². The van der Waals surface area contributed by atoms with Crippen LogP contribution in [-0.2, 0) is 23.4 Å². The normalized spacial score (nSPS) is 24.4. The van der Waals surface area contributed by atoms with Gasteiger partial charge in [-0.2, -0.15) is 4.98 Å². The summed E-state index contributed by atoms with van der Waals surface area (Å²) in [4.78, 5) is 74.0. The Bertz CT molecular complexity index is 1220. The van der Waals surface area contributed by atoms with Crippen LogP contribution in [0.3, 0.4) is 0 Å². The first-order chi connectivity index (χ1) is 16.3. The Morgan fingerprint density at radius 3 is 2.69 bits per heavy atom. The molecule has 1 aliphatic heterocycles. The molecule has 1 saturated heterocycles. The molecule has 5 atom stereocenters. The molecule has 1 fully saturated rings. The third kappa shape index (κ3) is 6.45. The van der Waals surface area contributed by atoms with Crippen molar-refractivity contribution in [3.8, 4) is 0 Å². The number of hydrogen-bond donors (Lipinski definition) is 8. The molecule has 9 N–H and O–H groups in total. The summed E-state index contributed by atoms with van der Waals surface area (Å²) in [5, 5.41) is 20.9. The van der Waals surface area contributed by atoms with E-state index in [1.54, 1.807) is 0 Å². The highest BCUT2D eigenvalue weighted by Gasteiger charge is 2.45. The first-order valence-corrected chi connectivity index (χ1v) is 12.6. The van der Waals surface area contributed by atoms with E-state index in [4.69, 9.17) is 36.6 Å². The number of aromatic amines is 1. The number of fused-ring (bicyclic) bond motifs is 1. The van der Waals surface area contributed by atoms with Crippen molar-refractivity contribution in [3.63, 3.8) is 0 Å². The van der Waals surface area contributed by atoms with E-state index in [0.29, 0.717) is 0 Å². The number of aliphatic hydroxyl groups is 2. The number of phosphoric acid groups is 1. The lowest BCUT2D eigenvalue weighted by molar-refractivity contribution is -0.117. The number of ether oxygens (including phenoxy) is 2. The first-order valence-electron chi connectivity index (χ1n) is 9.27. The van der Waals surface area contributed by atoms with E-state index < -0.39 is 76.4 Å². The number of aliphatic hydroxyl groups excluding tert-OH is 2. The molecule has 0 bridgehead atoms. The summed E-state index contributed by atoms with van der Waals surface area (Å²) in [5.41, 5.74) is 3.66. The molecule has 0 saturated carbocycles. The number of aromatic nitrogens is 4. The van der Waals surface area contributed by atoms with Crippen LogP contribution in [0.15, 0.2) is 16.1 Å². The average Bonchev–Trinajstić information content (AvgIpc) is 3.29. The van der Waals surface area contributed by atoms with Gasteiger partial charge in [-0.15, -0.1) is 11.6 Å². The van der Waals surface area contributed by atoms with Gasteiger partial charge in [0.15, 0.2) is 22.8 Å². The van der Waals surface area contributed by atoms with E-state index in [1.165, 1.54) is 0 Å². The monoisotopic (exact) mass is 560 g/mol. The molecule has 3 rings (SSSR count). The zero-order chi connectivity index (χ0) is 26.1. The number of rotatable bonds is 9. The van der Waals surface area contributed by atoms with Crippen LogP contribution >= 0.6 is 27.8 Å². The van der Waals surface area contributed by atoms with Gasteiger partial charge in [0.05, 0.1) is 12.9 Å². The van der Waals surface area contributed by atoms with E-state index >= 15 is 0 Å². The maximum atomic E-state index is 12.0. The Morgan fingerprint density at radius 2 is 2.09 bits per heavy atom. The number of carbonyl (C=O) groups excluding carboxylic acids is 1. The molecular weight excluding hydrogens is 542 g/mol. The zero-order valence-corrected chi connectivity index (χ0v) is 19.7. The van der Waals surface area contributed by atoms with Crippen LogP contribution in [0.25, 0.3) is 11.2 Å². The van der Waals surface area contributed by atoms with Crippen LogP contribution in [0, 0.1) is 0 Å². The highest BCUT2D eigenvalue weighted by molar-refractivity contribution is 7.65. The minimum Gasteiger partial charge on any atom is -0.387 e. The largest absolute Gasteiger partial charge is 0.472 e. The fraction of sp³-hybridized carbons (Fsp3) is 0.500. The van der Waals surface area contributed by atoms with E-state index in [1.807, 2.05) is 0 Å². The van der Waals surface area contributed by atoms with Crippen molar-refractivity contribution in [1.29, 1.82) is 0 Å². The summed E-state index contributed by atoms with van der Waals surface area (Å²) < 4.78 is 27.5. The van der Waals surface area contributed by atoms with Crippen LogP contribution in [-0.4, -0.2) is 97.8 Å². The Hall–Kier alpha value is -1.92. The van der Waals surface area contributed by atoms with Crippen molar-refractivity contribution in [1.82, 2.24) is 19.5 Å². The van der Waals surface area contributed by atoms with Crippen LogP contribution in [0.4, 0.5) is 5.95 Å². The number of amides is 1. The van der Waals surface area contributed by atoms with Crippen LogP contribution < -0.4 is 11.3 Å². The number of aliphatic imine (C=N–C) groups is 1. The second-order valence-electron chi connectivity index (χ2n) is 6.87. The molecule has 18 nitrogen and oxygen atoms in total. The lowest BCUT2D eigenvalue weighted by Crippen LogP contribution is -2.36. The van der Waals surface area contributed by atoms with Crippen molar-refractivity contribution in [2.75, 3.05) is 18.2 Å². The van der Waals surface area contributed by atoms with Crippen LogP contribution in [0.2, 0.25) is 0 Å². The van der Waals surface area contributed by atoms with Crippen molar-refractivity contribution < 1.29 is 53.1 Å². The van der Waals surface area contributed by atoms with Crippen molar-refractivity contribution >= 4 is 56.3 Å². The Labute approximate surface area is 200 Å². The number of nitrogen functional groups attached to an aromatic ring is 1. The zero-order valence-electron chi connectivity index (χ0n) is 17.1. The molecule has 1 unspecified atom stereocenters. The van der Waals surface area contributed by atoms with Gasteiger partial charge in [0.1, 0.15) is 24.2 Å². The summed E-state index contributed by atoms with van der Waals surface area (Å²) >= 11 is 5.31. The molecule has 0 spiro atoms. The molecule has 1 amide bonds. The molecule has 1 aliphatic rings. The molecule has 2 aromatic heterocycles. The van der Waals surface area contributed by atoms with Gasteiger partial charge in [-0.05, 0) is 0 Å². The molecule has 0 aliphatic carbocycles. The molecule has 21 heteroatoms. The number of halogens is 1. The number of anilines is 1. The minimum atomic E-state index is -5.32. The van der Waals surface area contributed by atoms with Crippen molar-refractivity contribution in [3.05, 3.63) is 16.7 Å². The van der Waals surface area contributed by atoms with Gasteiger partial charge in [0.25, 0.3) is 11.5 Å². The van der Waals surface area contributed by atoms with Crippen LogP contribution in [0.5, 0.6) is 0 Å². The lowest BCUT2D eigenvalue weighted by Gasteiger charge is -2.23. The van der Waals surface area contributed by atoms with Crippen molar-refractivity contribution in [2.24, 2.45) is 4.99 Å². The van der Waals surface area contributed by atoms with Gasteiger partial charge in [-0.1, -0.05) is 0 Å². The summed E-state index contributed by atoms with van der Waals surface area (Å²) in [5.74, 6) is -2.05. The Balaban J connectivity index is 1.83. The van der Waals surface area contributed by atoms with Gasteiger partial charge in [0.2, 0.25) is 20.6 Å². The third-order valence-corrected chi connectivity index (χ3v) is 5.89. The molecule has 0 radical (unpaired) electrons. The number of carbonyl (C=O) groups is 1. The molecule has 194 valence electrons. The molecule has 0 aromatic carbocycles. The van der Waals surface area contributed by atoms with Gasteiger partial charge < -0.3 is 45.0 Å². The summed E-state index contributed by atoms with van der Waals surface area (Å²) in [6, 6.07) is 0. The first kappa shape index (κ1) is 27.7. The topological polar surface area (TPSA) is 285 Å². The van der Waals surface area contributed by atoms with Gasteiger partial charge in [-0.3, -0.25) is 23.7 Å². The van der Waals surface area contributed by atoms with Crippen molar-refractivity contribution in [2.45, 2.75) is 30.8 Å². The number of imidazole rings is 1. The summed E-state index contributed by atoms with van der Waals surface area (Å²) in [6.45, 7) is -0.764. The fourth-order valence-electron chi connectivity index (χ4n) is 3.03. The SMILES string of the molecule is Nc1nc2c(ncn2[C@@H]2O[C@H](COC(OP(=O)(O)O)C(=NC(=O)CCl)P(O)O)[C@@H](O)[C@H]2O)c(=O)[nH]1. The maximum Gasteiger partial charge on any atom is 0.472 e. The lowest BCUT2D eigenvalue weighted by atomic mass is 10.1. The Kier molecular flexibility index (Phi) is 8.69. The summed E-state index contributed by atoms with van der Waals surface area (Å²) in [7, 11) is -8.57. The predicted molar refractivity (Wildman–Crippen MR) is 116 cm³/mol. The maximum absolute atomic E-state index is 12.0. The smallest absolute Gasteiger partial charge is 0.387 e. The van der Waals surface area contributed by atoms with E-state index in [9.17, 15) is 34.2 Å². The predicted octanol–water partition coefficient (Wildman–Crippen LogP) is -2.77. The highest BCUT2D eigenvalue weighted by Crippen LogP contribution is 2.42. The number of nitrogens with zero attached hydrogens (tertiary/aromatic N) is 4. The third-order valence-electron chi connectivity index (χ3n) is 4.48. The number of hydrogen-bond acceptors (Lipinski definition) is 13. The molecule has 2 aromatic rings. The second kappa shape index (κ2) is 11.0. The average molecular weight is 561 g/mol. The van der Waals surface area contributed by atoms with E-state index in [2.05, 4.69) is 24.5 Å². The molecular formula is C14H19ClN6O12P2. The van der Waals surface area contributed by atoms with E-state index in [-0.39, 0.29) is 17.1 Å². The van der Waals surface area contributed by atoms with Gasteiger partial charge >= 0.3 is 7.82 Å². The van der Waals surface area contributed by atoms with E-state index in [0.717, 1.165) is 10.9 Å².